The zero-order valence-corrected chi connectivity index (χ0v) is 31.3. The van der Waals surface area contributed by atoms with E-state index in [1.165, 1.54) is 60.7 Å². The molecule has 16 heteroatoms. The first kappa shape index (κ1) is 39.3. The van der Waals surface area contributed by atoms with Crippen molar-refractivity contribution in [2.75, 3.05) is 26.2 Å². The summed E-state index contributed by atoms with van der Waals surface area (Å²) in [7, 11) is -17.8. The number of sulfonamides is 2. The normalized spacial score (nSPS) is 12.9. The van der Waals surface area contributed by atoms with Gasteiger partial charge in [-0.1, -0.05) is 70.8 Å². The van der Waals surface area contributed by atoms with Crippen LogP contribution >= 0.6 is 0 Å². The van der Waals surface area contributed by atoms with Gasteiger partial charge in [0.05, 0.1) is 19.6 Å². The second-order valence-electron chi connectivity index (χ2n) is 12.1. The minimum absolute atomic E-state index is 0.0622. The number of aryl methyl sites for hydroxylation is 4. The van der Waals surface area contributed by atoms with Crippen LogP contribution in [-0.4, -0.2) is 77.6 Å². The van der Waals surface area contributed by atoms with Crippen LogP contribution in [0, 0.1) is 27.7 Å². The van der Waals surface area contributed by atoms with E-state index in [1.54, 1.807) is 52.0 Å². The van der Waals surface area contributed by atoms with Crippen LogP contribution in [0.5, 0.6) is 0 Å². The first-order chi connectivity index (χ1) is 23.2. The highest BCUT2D eigenvalue weighted by molar-refractivity contribution is 7.89. The van der Waals surface area contributed by atoms with Crippen molar-refractivity contribution in [3.63, 3.8) is 0 Å². The Hall–Kier alpha value is -3.48. The van der Waals surface area contributed by atoms with Gasteiger partial charge in [0.2, 0.25) is 20.0 Å². The molecule has 0 radical (unpaired) electrons. The Kier molecular flexibility index (Phi) is 12.1. The highest BCUT2D eigenvalue weighted by atomic mass is 32.2. The van der Waals surface area contributed by atoms with E-state index in [-0.39, 0.29) is 69.7 Å². The molecule has 0 aromatic heterocycles. The van der Waals surface area contributed by atoms with Crippen molar-refractivity contribution in [2.45, 2.75) is 60.1 Å². The number of rotatable bonds is 15. The van der Waals surface area contributed by atoms with Crippen LogP contribution in [0.4, 0.5) is 0 Å². The molecule has 4 rings (SSSR count). The molecule has 0 spiro atoms. The van der Waals surface area contributed by atoms with E-state index in [2.05, 4.69) is 0 Å². The molecule has 0 heterocycles. The predicted molar refractivity (Wildman–Crippen MR) is 189 cm³/mol. The van der Waals surface area contributed by atoms with Gasteiger partial charge < -0.3 is 0 Å². The smallest absolute Gasteiger partial charge is 0.282 e. The topological polar surface area (TPSA) is 183 Å². The monoisotopic (exact) mass is 764 g/mol. The number of nitrogens with zero attached hydrogens (tertiary/aromatic N) is 2. The Morgan fingerprint density at radius 3 is 1.04 bits per heavy atom. The van der Waals surface area contributed by atoms with Crippen LogP contribution in [0.25, 0.3) is 0 Å². The van der Waals surface area contributed by atoms with E-state index >= 15 is 0 Å². The molecule has 0 aliphatic heterocycles. The molecule has 0 bridgehead atoms. The second kappa shape index (κ2) is 15.4. The Labute approximate surface area is 295 Å². The standard InChI is InChI=1S/C34H40N2O10S4/c1-25-5-11-31(12-6-25)47(37,38)35(19-17-29-23-27(3)9-15-33(29)49(41,42)43)21-22-36(48(39,40)32-13-7-26(2)8-14-32)20-18-30-24-28(4)10-16-34(30)50(44,45)46/h5-16,23-24H,17-22H2,1-4H3,(H,41,42,43)(H,44,45,46). The molecule has 12 nitrogen and oxygen atoms in total. The molecule has 4 aromatic carbocycles. The molecular weight excluding hydrogens is 725 g/mol. The van der Waals surface area contributed by atoms with Gasteiger partial charge in [0.25, 0.3) is 20.2 Å². The summed E-state index contributed by atoms with van der Waals surface area (Å²) >= 11 is 0. The summed E-state index contributed by atoms with van der Waals surface area (Å²) < 4.78 is 127. The number of hydrogen-bond donors (Lipinski definition) is 2. The fraction of sp³-hybridized carbons (Fsp3) is 0.294. The summed E-state index contributed by atoms with van der Waals surface area (Å²) in [5.41, 5.74) is 3.33. The van der Waals surface area contributed by atoms with Gasteiger partial charge in [-0.05, 0) is 88.1 Å². The SMILES string of the molecule is Cc1ccc(S(=O)(=O)N(CCc2cc(C)ccc2S(=O)(=O)O)CCN(CCc2cc(C)ccc2S(=O)(=O)O)S(=O)(=O)c2ccc(C)cc2)cc1. The van der Waals surface area contributed by atoms with E-state index in [9.17, 15) is 42.8 Å². The van der Waals surface area contributed by atoms with E-state index in [4.69, 9.17) is 0 Å². The van der Waals surface area contributed by atoms with Crippen LogP contribution in [-0.2, 0) is 53.1 Å². The molecule has 0 aliphatic rings. The average molecular weight is 765 g/mol. The van der Waals surface area contributed by atoms with Gasteiger partial charge in [0.1, 0.15) is 0 Å². The molecule has 4 aromatic rings. The second-order valence-corrected chi connectivity index (χ2v) is 18.8. The fourth-order valence-electron chi connectivity index (χ4n) is 5.45. The molecule has 0 saturated heterocycles. The molecule has 0 atom stereocenters. The molecule has 0 saturated carbocycles. The first-order valence-corrected chi connectivity index (χ1v) is 21.2. The van der Waals surface area contributed by atoms with Gasteiger partial charge in [-0.2, -0.15) is 25.4 Å². The molecule has 0 amide bonds. The maximum atomic E-state index is 14.1. The number of hydrogen-bond acceptors (Lipinski definition) is 8. The summed E-state index contributed by atoms with van der Waals surface area (Å²) in [5, 5.41) is 0. The van der Waals surface area contributed by atoms with E-state index in [0.29, 0.717) is 11.1 Å². The van der Waals surface area contributed by atoms with Crippen LogP contribution in [0.2, 0.25) is 0 Å². The fourth-order valence-corrected chi connectivity index (χ4v) is 9.78. The largest absolute Gasteiger partial charge is 0.294 e. The third-order valence-corrected chi connectivity index (χ3v) is 13.9. The molecule has 0 fully saturated rings. The van der Waals surface area contributed by atoms with Crippen LogP contribution in [0.3, 0.4) is 0 Å². The van der Waals surface area contributed by atoms with E-state index in [0.717, 1.165) is 19.7 Å². The zero-order valence-electron chi connectivity index (χ0n) is 28.0. The molecule has 2 N–H and O–H groups in total. The van der Waals surface area contributed by atoms with Crippen molar-refractivity contribution < 1.29 is 42.8 Å². The maximum absolute atomic E-state index is 14.1. The third-order valence-electron chi connectivity index (χ3n) is 8.17. The van der Waals surface area contributed by atoms with Crippen molar-refractivity contribution in [3.8, 4) is 0 Å². The lowest BCUT2D eigenvalue weighted by Gasteiger charge is -2.28. The number of benzene rings is 4. The van der Waals surface area contributed by atoms with Gasteiger partial charge in [-0.3, -0.25) is 9.11 Å². The van der Waals surface area contributed by atoms with Crippen molar-refractivity contribution >= 4 is 40.3 Å². The van der Waals surface area contributed by atoms with E-state index < -0.39 is 40.3 Å². The summed E-state index contributed by atoms with van der Waals surface area (Å²) in [6.07, 6.45) is -0.263. The van der Waals surface area contributed by atoms with Crippen LogP contribution < -0.4 is 0 Å². The third kappa shape index (κ3) is 9.64. The molecule has 270 valence electrons. The quantitative estimate of drug-likeness (QED) is 0.163. The van der Waals surface area contributed by atoms with Gasteiger partial charge in [0, 0.05) is 26.2 Å². The van der Waals surface area contributed by atoms with Crippen molar-refractivity contribution in [1.29, 1.82) is 0 Å². The van der Waals surface area contributed by atoms with Crippen LogP contribution in [0.15, 0.2) is 105 Å². The van der Waals surface area contributed by atoms with E-state index in [1.807, 2.05) is 0 Å². The van der Waals surface area contributed by atoms with Crippen molar-refractivity contribution in [1.82, 2.24) is 8.61 Å². The lowest BCUT2D eigenvalue weighted by atomic mass is 10.1. The lowest BCUT2D eigenvalue weighted by Crippen LogP contribution is -2.42. The Bertz CT molecular complexity index is 2130. The summed E-state index contributed by atoms with van der Waals surface area (Å²) in [5.74, 6) is 0. The predicted octanol–water partition coefficient (Wildman–Crippen LogP) is 4.58. The van der Waals surface area contributed by atoms with Gasteiger partial charge in [0.15, 0.2) is 0 Å². The lowest BCUT2D eigenvalue weighted by molar-refractivity contribution is 0.345. The minimum Gasteiger partial charge on any atom is -0.282 e. The average Bonchev–Trinajstić information content (AvgIpc) is 3.01. The molecular formula is C34H40N2O10S4. The van der Waals surface area contributed by atoms with Gasteiger partial charge in [-0.25, -0.2) is 16.8 Å². The minimum atomic E-state index is -4.64. The highest BCUT2D eigenvalue weighted by Crippen LogP contribution is 2.24. The van der Waals surface area contributed by atoms with Gasteiger partial charge in [-0.15, -0.1) is 0 Å². The Morgan fingerprint density at radius 2 is 0.740 bits per heavy atom. The summed E-state index contributed by atoms with van der Waals surface area (Å²) in [4.78, 5) is -0.861. The first-order valence-electron chi connectivity index (χ1n) is 15.5. The summed E-state index contributed by atoms with van der Waals surface area (Å²) in [6, 6.07) is 20.7. The summed E-state index contributed by atoms with van der Waals surface area (Å²) in [6.45, 7) is 5.73. The van der Waals surface area contributed by atoms with Crippen LogP contribution in [0.1, 0.15) is 33.4 Å². The van der Waals surface area contributed by atoms with Gasteiger partial charge >= 0.3 is 0 Å². The zero-order chi connectivity index (χ0) is 37.1. The highest BCUT2D eigenvalue weighted by Gasteiger charge is 2.30. The molecule has 50 heavy (non-hydrogen) atoms. The maximum Gasteiger partial charge on any atom is 0.294 e. The van der Waals surface area contributed by atoms with Crippen molar-refractivity contribution in [2.24, 2.45) is 0 Å². The Morgan fingerprint density at radius 1 is 0.440 bits per heavy atom. The molecule has 0 aliphatic carbocycles. The van der Waals surface area contributed by atoms with Crippen molar-refractivity contribution in [3.05, 3.63) is 118 Å². The molecule has 0 unspecified atom stereocenters. The Balaban J connectivity index is 1.75.